The summed E-state index contributed by atoms with van der Waals surface area (Å²) in [6, 6.07) is 11.1. The molecule has 0 amide bonds. The second kappa shape index (κ2) is 8.57. The number of hydrogen-bond acceptors (Lipinski definition) is 6. The number of rotatable bonds is 8. The van der Waals surface area contributed by atoms with Crippen molar-refractivity contribution in [1.29, 1.82) is 0 Å². The lowest BCUT2D eigenvalue weighted by Crippen LogP contribution is -2.11. The highest BCUT2D eigenvalue weighted by molar-refractivity contribution is 8.00. The van der Waals surface area contributed by atoms with E-state index < -0.39 is 18.5 Å². The van der Waals surface area contributed by atoms with Gasteiger partial charge in [-0.25, -0.2) is 18.6 Å². The summed E-state index contributed by atoms with van der Waals surface area (Å²) in [5.41, 5.74) is 0.879. The number of aliphatic carboxylic acids is 1. The molecule has 2 aromatic carbocycles. The minimum Gasteiger partial charge on any atom is -0.481 e. The molecule has 0 spiro atoms. The minimum absolute atomic E-state index is 0.172. The normalized spacial score (nSPS) is 11.2. The third-order valence-corrected chi connectivity index (χ3v) is 5.31. The van der Waals surface area contributed by atoms with E-state index in [9.17, 15) is 13.6 Å². The van der Waals surface area contributed by atoms with Gasteiger partial charge in [0.2, 0.25) is 0 Å². The number of carbonyl (C=O) groups is 1. The van der Waals surface area contributed by atoms with Crippen LogP contribution in [0.2, 0.25) is 0 Å². The standard InChI is InChI=1S/C19H16F2N2O3S2/c1-19(20,21)13-4-7-16(26-11-17(24)25)15(10-13)12-2-5-14(6-3-12)28-23-18-22-8-9-27-18/h2-10H,11H2,1H3,(H,22,23)(H,24,25). The predicted molar refractivity (Wildman–Crippen MR) is 106 cm³/mol. The first-order chi connectivity index (χ1) is 13.3. The number of halogens is 2. The van der Waals surface area contributed by atoms with E-state index in [4.69, 9.17) is 9.84 Å². The van der Waals surface area contributed by atoms with Crippen molar-refractivity contribution >= 4 is 34.4 Å². The predicted octanol–water partition coefficient (Wildman–Crippen LogP) is 5.50. The van der Waals surface area contributed by atoms with Crippen molar-refractivity contribution in [2.75, 3.05) is 11.3 Å². The number of aromatic nitrogens is 1. The minimum atomic E-state index is -3.02. The van der Waals surface area contributed by atoms with E-state index in [2.05, 4.69) is 9.71 Å². The lowest BCUT2D eigenvalue weighted by molar-refractivity contribution is -0.139. The van der Waals surface area contributed by atoms with Crippen LogP contribution in [0.25, 0.3) is 11.1 Å². The van der Waals surface area contributed by atoms with Crippen LogP contribution in [-0.2, 0) is 10.7 Å². The fraction of sp³-hybridized carbons (Fsp3) is 0.158. The van der Waals surface area contributed by atoms with E-state index >= 15 is 0 Å². The van der Waals surface area contributed by atoms with Crippen LogP contribution in [0.1, 0.15) is 12.5 Å². The first-order valence-electron chi connectivity index (χ1n) is 8.12. The summed E-state index contributed by atoms with van der Waals surface area (Å²) in [6.45, 7) is 0.258. The zero-order valence-corrected chi connectivity index (χ0v) is 16.3. The number of anilines is 1. The van der Waals surface area contributed by atoms with Gasteiger partial charge in [-0.3, -0.25) is 0 Å². The Morgan fingerprint density at radius 3 is 2.64 bits per heavy atom. The molecule has 1 aromatic heterocycles. The van der Waals surface area contributed by atoms with Gasteiger partial charge >= 0.3 is 5.97 Å². The highest BCUT2D eigenvalue weighted by Crippen LogP contribution is 2.37. The molecule has 9 heteroatoms. The molecule has 146 valence electrons. The van der Waals surface area contributed by atoms with Crippen molar-refractivity contribution in [1.82, 2.24) is 4.98 Å². The number of alkyl halides is 2. The average Bonchev–Trinajstić information content (AvgIpc) is 3.18. The summed E-state index contributed by atoms with van der Waals surface area (Å²) in [6.07, 6.45) is 1.70. The fourth-order valence-electron chi connectivity index (χ4n) is 2.37. The maximum Gasteiger partial charge on any atom is 0.341 e. The van der Waals surface area contributed by atoms with Gasteiger partial charge in [0.1, 0.15) is 5.75 Å². The lowest BCUT2D eigenvalue weighted by Gasteiger charge is -2.16. The van der Waals surface area contributed by atoms with Crippen molar-refractivity contribution in [3.05, 3.63) is 59.6 Å². The van der Waals surface area contributed by atoms with E-state index in [1.54, 1.807) is 18.3 Å². The molecule has 1 heterocycles. The van der Waals surface area contributed by atoms with Gasteiger partial charge in [-0.1, -0.05) is 12.1 Å². The molecule has 0 radical (unpaired) electrons. The maximum atomic E-state index is 13.7. The van der Waals surface area contributed by atoms with Gasteiger partial charge in [0, 0.05) is 34.5 Å². The Morgan fingerprint density at radius 1 is 1.29 bits per heavy atom. The highest BCUT2D eigenvalue weighted by Gasteiger charge is 2.25. The Labute approximate surface area is 168 Å². The third kappa shape index (κ3) is 5.20. The number of ether oxygens (including phenoxy) is 1. The maximum absolute atomic E-state index is 13.7. The number of carboxylic acid groups (broad SMARTS) is 1. The largest absolute Gasteiger partial charge is 0.481 e. The molecular weight excluding hydrogens is 406 g/mol. The zero-order chi connectivity index (χ0) is 20.1. The number of hydrogen-bond donors (Lipinski definition) is 2. The van der Waals surface area contributed by atoms with Gasteiger partial charge in [-0.2, -0.15) is 0 Å². The van der Waals surface area contributed by atoms with Crippen LogP contribution < -0.4 is 9.46 Å². The van der Waals surface area contributed by atoms with E-state index in [0.29, 0.717) is 11.1 Å². The Hall–Kier alpha value is -2.65. The van der Waals surface area contributed by atoms with Crippen LogP contribution in [0.15, 0.2) is 58.9 Å². The summed E-state index contributed by atoms with van der Waals surface area (Å²) < 4.78 is 35.9. The molecule has 0 saturated heterocycles. The summed E-state index contributed by atoms with van der Waals surface area (Å²) in [7, 11) is 0. The van der Waals surface area contributed by atoms with Crippen LogP contribution in [-0.4, -0.2) is 22.7 Å². The molecule has 0 aliphatic rings. The first kappa shape index (κ1) is 20.1. The van der Waals surface area contributed by atoms with Gasteiger partial charge in [-0.05, 0) is 47.8 Å². The first-order valence-corrected chi connectivity index (χ1v) is 9.82. The number of nitrogens with one attached hydrogen (secondary N) is 1. The molecule has 3 rings (SSSR count). The Morgan fingerprint density at radius 2 is 2.04 bits per heavy atom. The molecule has 0 fully saturated rings. The van der Waals surface area contributed by atoms with Crippen molar-refractivity contribution in [3.8, 4) is 16.9 Å². The van der Waals surface area contributed by atoms with Crippen LogP contribution in [0.3, 0.4) is 0 Å². The fourth-order valence-corrected chi connectivity index (χ4v) is 3.59. The van der Waals surface area contributed by atoms with Crippen LogP contribution >= 0.6 is 23.3 Å². The Balaban J connectivity index is 1.85. The van der Waals surface area contributed by atoms with Gasteiger partial charge in [0.25, 0.3) is 5.92 Å². The zero-order valence-electron chi connectivity index (χ0n) is 14.7. The topological polar surface area (TPSA) is 71.5 Å². The second-order valence-corrected chi connectivity index (χ2v) is 7.62. The van der Waals surface area contributed by atoms with E-state index in [1.807, 2.05) is 17.5 Å². The molecule has 5 nitrogen and oxygen atoms in total. The van der Waals surface area contributed by atoms with Gasteiger partial charge in [0.05, 0.1) is 0 Å². The van der Waals surface area contributed by atoms with E-state index in [0.717, 1.165) is 17.0 Å². The van der Waals surface area contributed by atoms with Gasteiger partial charge in [-0.15, -0.1) is 11.3 Å². The second-order valence-electron chi connectivity index (χ2n) is 5.85. The molecule has 0 aliphatic carbocycles. The molecule has 0 atom stereocenters. The Kier molecular flexibility index (Phi) is 6.15. The van der Waals surface area contributed by atoms with Crippen LogP contribution in [0.4, 0.5) is 13.9 Å². The van der Waals surface area contributed by atoms with Crippen molar-refractivity contribution < 1.29 is 23.4 Å². The third-order valence-electron chi connectivity index (χ3n) is 3.69. The SMILES string of the molecule is CC(F)(F)c1ccc(OCC(=O)O)c(-c2ccc(SNc3nccs3)cc2)c1. The molecular formula is C19H16F2N2O3S2. The van der Waals surface area contributed by atoms with Crippen molar-refractivity contribution in [3.63, 3.8) is 0 Å². The number of nitrogens with zero attached hydrogens (tertiary/aromatic N) is 1. The van der Waals surface area contributed by atoms with Gasteiger partial charge < -0.3 is 14.6 Å². The lowest BCUT2D eigenvalue weighted by atomic mass is 9.99. The van der Waals surface area contributed by atoms with E-state index in [-0.39, 0.29) is 11.3 Å². The van der Waals surface area contributed by atoms with Crippen LogP contribution in [0, 0.1) is 0 Å². The van der Waals surface area contributed by atoms with Crippen LogP contribution in [0.5, 0.6) is 5.75 Å². The number of carboxylic acids is 1. The Bertz CT molecular complexity index is 943. The quantitative estimate of drug-likeness (QED) is 0.467. The molecule has 2 N–H and O–H groups in total. The van der Waals surface area contributed by atoms with E-state index in [1.165, 1.54) is 41.5 Å². The summed E-state index contributed by atoms with van der Waals surface area (Å²) in [5, 5.41) is 11.5. The number of benzene rings is 2. The highest BCUT2D eigenvalue weighted by atomic mass is 32.2. The molecule has 0 unspecified atom stereocenters. The monoisotopic (exact) mass is 422 g/mol. The summed E-state index contributed by atoms with van der Waals surface area (Å²) in [4.78, 5) is 15.8. The molecule has 3 aromatic rings. The molecule has 0 bridgehead atoms. The molecule has 0 saturated carbocycles. The van der Waals surface area contributed by atoms with Gasteiger partial charge in [0.15, 0.2) is 11.7 Å². The number of thiazole rings is 1. The molecule has 28 heavy (non-hydrogen) atoms. The smallest absolute Gasteiger partial charge is 0.341 e. The summed E-state index contributed by atoms with van der Waals surface area (Å²) >= 11 is 2.85. The average molecular weight is 422 g/mol. The molecule has 0 aliphatic heterocycles. The van der Waals surface area contributed by atoms with Crippen molar-refractivity contribution in [2.45, 2.75) is 17.7 Å². The van der Waals surface area contributed by atoms with Crippen molar-refractivity contribution in [2.24, 2.45) is 0 Å². The summed E-state index contributed by atoms with van der Waals surface area (Å²) in [5.74, 6) is -3.93.